The molecule has 0 fully saturated rings. The number of benzene rings is 2. The van der Waals surface area contributed by atoms with Gasteiger partial charge in [0.25, 0.3) is 5.91 Å². The quantitative estimate of drug-likeness (QED) is 0.279. The zero-order valence-corrected chi connectivity index (χ0v) is 19.6. The second-order valence-electron chi connectivity index (χ2n) is 7.99. The van der Waals surface area contributed by atoms with E-state index in [0.717, 1.165) is 24.6 Å². The Morgan fingerprint density at radius 3 is 2.76 bits per heavy atom. The summed E-state index contributed by atoms with van der Waals surface area (Å²) in [5.74, 6) is 0.0373. The standard InChI is InChI=1S/C25H26FN5O2S/c1-27-22(32)10-4-2-3-9-19(31-25(33)21-14-28-15-34-21)24-29-13-20(30-24)18-12-11-16-7-5-6-8-17(16)23(18)26/h5-8,11-15,19H,2-4,9-10H2,1H3,(H,27,32)(H,29,30)(H,31,33). The molecule has 4 rings (SSSR count). The van der Waals surface area contributed by atoms with Crippen LogP contribution in [0.3, 0.4) is 0 Å². The third-order valence-corrected chi connectivity index (χ3v) is 6.49. The molecule has 0 saturated heterocycles. The first-order chi connectivity index (χ1) is 16.6. The molecule has 0 saturated carbocycles. The monoisotopic (exact) mass is 479 g/mol. The van der Waals surface area contributed by atoms with Crippen molar-refractivity contribution in [3.05, 3.63) is 70.8 Å². The highest BCUT2D eigenvalue weighted by Gasteiger charge is 2.21. The number of hydrogen-bond acceptors (Lipinski definition) is 5. The summed E-state index contributed by atoms with van der Waals surface area (Å²) in [6.45, 7) is 0. The molecule has 2 aromatic heterocycles. The van der Waals surface area contributed by atoms with Gasteiger partial charge in [-0.3, -0.25) is 14.6 Å². The molecular weight excluding hydrogens is 453 g/mol. The zero-order chi connectivity index (χ0) is 23.9. The number of carbonyl (C=O) groups excluding carboxylic acids is 2. The van der Waals surface area contributed by atoms with Gasteiger partial charge in [-0.25, -0.2) is 9.37 Å². The van der Waals surface area contributed by atoms with Gasteiger partial charge in [-0.15, -0.1) is 11.3 Å². The SMILES string of the molecule is CNC(=O)CCCCCC(NC(=O)c1cncs1)c1ncc(-c2ccc3ccccc3c2F)[nH]1. The molecule has 0 radical (unpaired) electrons. The smallest absolute Gasteiger partial charge is 0.263 e. The van der Waals surface area contributed by atoms with Gasteiger partial charge in [0.1, 0.15) is 16.5 Å². The number of rotatable bonds is 10. The number of imidazole rings is 1. The molecule has 2 amide bonds. The Labute approximate surface area is 200 Å². The third-order valence-electron chi connectivity index (χ3n) is 5.72. The summed E-state index contributed by atoms with van der Waals surface area (Å²) in [7, 11) is 1.63. The van der Waals surface area contributed by atoms with E-state index in [-0.39, 0.29) is 23.7 Å². The Hall–Kier alpha value is -3.59. The lowest BCUT2D eigenvalue weighted by Crippen LogP contribution is -2.28. The van der Waals surface area contributed by atoms with Crippen LogP contribution in [0.2, 0.25) is 0 Å². The van der Waals surface area contributed by atoms with Gasteiger partial charge in [0.2, 0.25) is 5.91 Å². The molecule has 0 bridgehead atoms. The van der Waals surface area contributed by atoms with Crippen LogP contribution in [-0.4, -0.2) is 33.8 Å². The molecule has 1 unspecified atom stereocenters. The summed E-state index contributed by atoms with van der Waals surface area (Å²) >= 11 is 1.26. The number of nitrogens with one attached hydrogen (secondary N) is 3. The number of hydrogen-bond donors (Lipinski definition) is 3. The molecule has 34 heavy (non-hydrogen) atoms. The van der Waals surface area contributed by atoms with Crippen molar-refractivity contribution in [1.82, 2.24) is 25.6 Å². The fraction of sp³-hybridized carbons (Fsp3) is 0.280. The lowest BCUT2D eigenvalue weighted by atomic mass is 10.0. The van der Waals surface area contributed by atoms with E-state index in [2.05, 4.69) is 25.6 Å². The fourth-order valence-corrected chi connectivity index (χ4v) is 4.39. The van der Waals surface area contributed by atoms with Crippen LogP contribution in [-0.2, 0) is 4.79 Å². The molecule has 2 aromatic carbocycles. The van der Waals surface area contributed by atoms with E-state index in [4.69, 9.17) is 0 Å². The number of amides is 2. The van der Waals surface area contributed by atoms with Crippen LogP contribution in [0.25, 0.3) is 22.0 Å². The Bertz CT molecular complexity index is 1270. The molecule has 0 aliphatic heterocycles. The number of aromatic amines is 1. The summed E-state index contributed by atoms with van der Waals surface area (Å²) < 4.78 is 15.2. The maximum atomic E-state index is 15.2. The maximum Gasteiger partial charge on any atom is 0.263 e. The maximum absolute atomic E-state index is 15.2. The number of carbonyl (C=O) groups is 2. The van der Waals surface area contributed by atoms with Crippen LogP contribution in [0.15, 0.2) is 54.3 Å². The average molecular weight is 480 g/mol. The predicted molar refractivity (Wildman–Crippen MR) is 131 cm³/mol. The predicted octanol–water partition coefficient (Wildman–Crippen LogP) is 4.99. The van der Waals surface area contributed by atoms with Gasteiger partial charge in [0.15, 0.2) is 0 Å². The normalized spacial score (nSPS) is 11.9. The topological polar surface area (TPSA) is 99.8 Å². The molecule has 0 aliphatic carbocycles. The van der Waals surface area contributed by atoms with E-state index in [1.807, 2.05) is 24.3 Å². The van der Waals surface area contributed by atoms with E-state index in [0.29, 0.717) is 40.2 Å². The highest BCUT2D eigenvalue weighted by Crippen LogP contribution is 2.29. The van der Waals surface area contributed by atoms with Crippen molar-refractivity contribution in [3.8, 4) is 11.3 Å². The Balaban J connectivity index is 1.52. The highest BCUT2D eigenvalue weighted by molar-refractivity contribution is 7.11. The van der Waals surface area contributed by atoms with Gasteiger partial charge in [0, 0.05) is 24.4 Å². The second-order valence-corrected chi connectivity index (χ2v) is 8.88. The Morgan fingerprint density at radius 1 is 1.12 bits per heavy atom. The molecular formula is C25H26FN5O2S. The fourth-order valence-electron chi connectivity index (χ4n) is 3.86. The average Bonchev–Trinajstić information content (AvgIpc) is 3.56. The van der Waals surface area contributed by atoms with Crippen LogP contribution in [0.5, 0.6) is 0 Å². The lowest BCUT2D eigenvalue weighted by molar-refractivity contribution is -0.120. The first-order valence-electron chi connectivity index (χ1n) is 11.2. The highest BCUT2D eigenvalue weighted by atomic mass is 32.1. The van der Waals surface area contributed by atoms with E-state index >= 15 is 4.39 Å². The lowest BCUT2D eigenvalue weighted by Gasteiger charge is -2.16. The van der Waals surface area contributed by atoms with Crippen molar-refractivity contribution in [1.29, 1.82) is 0 Å². The van der Waals surface area contributed by atoms with Crippen LogP contribution in [0.1, 0.15) is 53.6 Å². The van der Waals surface area contributed by atoms with Crippen LogP contribution < -0.4 is 10.6 Å². The molecule has 7 nitrogen and oxygen atoms in total. The van der Waals surface area contributed by atoms with E-state index in [1.54, 1.807) is 30.9 Å². The van der Waals surface area contributed by atoms with E-state index in [1.165, 1.54) is 17.5 Å². The summed E-state index contributed by atoms with van der Waals surface area (Å²) in [4.78, 5) is 36.3. The molecule has 4 aromatic rings. The molecule has 2 heterocycles. The van der Waals surface area contributed by atoms with Gasteiger partial charge in [0.05, 0.1) is 29.6 Å². The van der Waals surface area contributed by atoms with Crippen LogP contribution >= 0.6 is 11.3 Å². The first kappa shape index (κ1) is 23.6. The number of unbranched alkanes of at least 4 members (excludes halogenated alkanes) is 2. The number of aromatic nitrogens is 3. The van der Waals surface area contributed by atoms with Crippen molar-refractivity contribution in [2.24, 2.45) is 0 Å². The molecule has 3 N–H and O–H groups in total. The molecule has 176 valence electrons. The van der Waals surface area contributed by atoms with Crippen molar-refractivity contribution < 1.29 is 14.0 Å². The summed E-state index contributed by atoms with van der Waals surface area (Å²) in [6, 6.07) is 10.5. The minimum absolute atomic E-state index is 0.0168. The second kappa shape index (κ2) is 11.0. The van der Waals surface area contributed by atoms with Crippen molar-refractivity contribution in [3.63, 3.8) is 0 Å². The minimum atomic E-state index is -0.383. The first-order valence-corrected chi connectivity index (χ1v) is 12.1. The summed E-state index contributed by atoms with van der Waals surface area (Å²) in [5, 5.41) is 7.01. The molecule has 9 heteroatoms. The van der Waals surface area contributed by atoms with Gasteiger partial charge in [-0.05, 0) is 24.3 Å². The molecule has 1 atom stereocenters. The van der Waals surface area contributed by atoms with E-state index in [9.17, 15) is 9.59 Å². The number of H-pyrrole nitrogens is 1. The molecule has 0 spiro atoms. The third kappa shape index (κ3) is 5.48. The zero-order valence-electron chi connectivity index (χ0n) is 18.8. The van der Waals surface area contributed by atoms with Gasteiger partial charge >= 0.3 is 0 Å². The van der Waals surface area contributed by atoms with Crippen molar-refractivity contribution in [2.45, 2.75) is 38.1 Å². The van der Waals surface area contributed by atoms with Gasteiger partial charge in [-0.2, -0.15) is 0 Å². The van der Waals surface area contributed by atoms with Crippen molar-refractivity contribution >= 4 is 33.9 Å². The number of nitrogens with zero attached hydrogens (tertiary/aromatic N) is 2. The van der Waals surface area contributed by atoms with Crippen molar-refractivity contribution in [2.75, 3.05) is 7.05 Å². The van der Waals surface area contributed by atoms with Gasteiger partial charge < -0.3 is 15.6 Å². The van der Waals surface area contributed by atoms with Gasteiger partial charge in [-0.1, -0.05) is 43.2 Å². The van der Waals surface area contributed by atoms with Crippen LogP contribution in [0, 0.1) is 5.82 Å². The van der Waals surface area contributed by atoms with E-state index < -0.39 is 0 Å². The number of thiazole rings is 1. The summed E-state index contributed by atoms with van der Waals surface area (Å²) in [6.07, 6.45) is 6.63. The molecule has 0 aliphatic rings. The number of halogens is 1. The summed E-state index contributed by atoms with van der Waals surface area (Å²) in [5.41, 5.74) is 2.58. The minimum Gasteiger partial charge on any atom is -0.359 e. The number of fused-ring (bicyclic) bond motifs is 1. The Morgan fingerprint density at radius 2 is 1.97 bits per heavy atom. The largest absolute Gasteiger partial charge is 0.359 e. The Kier molecular flexibility index (Phi) is 7.64. The van der Waals surface area contributed by atoms with Crippen LogP contribution in [0.4, 0.5) is 4.39 Å².